The van der Waals surface area contributed by atoms with Gasteiger partial charge in [-0.25, -0.2) is 4.39 Å². The van der Waals surface area contributed by atoms with Crippen molar-refractivity contribution in [2.75, 3.05) is 19.6 Å². The van der Waals surface area contributed by atoms with Crippen molar-refractivity contribution in [1.29, 1.82) is 0 Å². The van der Waals surface area contributed by atoms with E-state index in [0.29, 0.717) is 12.5 Å². The number of benzene rings is 1. The number of rotatable bonds is 3. The molecule has 4 heteroatoms. The Morgan fingerprint density at radius 1 is 1.33 bits per heavy atom. The highest BCUT2D eigenvalue weighted by atomic mass is 19.1. The molecular formula is C17H24FN3. The summed E-state index contributed by atoms with van der Waals surface area (Å²) in [5.41, 5.74) is 6.81. The van der Waals surface area contributed by atoms with Gasteiger partial charge >= 0.3 is 0 Å². The first-order valence-electron chi connectivity index (χ1n) is 7.91. The first kappa shape index (κ1) is 14.4. The summed E-state index contributed by atoms with van der Waals surface area (Å²) in [7, 11) is 0. The maximum Gasteiger partial charge on any atom is 0.191 e. The molecule has 1 saturated heterocycles. The molecule has 1 aliphatic heterocycles. The van der Waals surface area contributed by atoms with Crippen molar-refractivity contribution in [3.8, 4) is 0 Å². The summed E-state index contributed by atoms with van der Waals surface area (Å²) in [6, 6.07) is 7.06. The van der Waals surface area contributed by atoms with Crippen LogP contribution in [0.25, 0.3) is 0 Å². The molecule has 2 aliphatic rings. The number of guanidine groups is 1. The minimum atomic E-state index is -0.115. The van der Waals surface area contributed by atoms with Gasteiger partial charge in [-0.2, -0.15) is 0 Å². The monoisotopic (exact) mass is 289 g/mol. The molecule has 2 N–H and O–H groups in total. The van der Waals surface area contributed by atoms with Crippen molar-refractivity contribution in [3.05, 3.63) is 35.6 Å². The van der Waals surface area contributed by atoms with Gasteiger partial charge in [-0.15, -0.1) is 0 Å². The zero-order chi connectivity index (χ0) is 14.9. The number of hydrogen-bond donors (Lipinski definition) is 1. The Morgan fingerprint density at radius 3 is 2.62 bits per heavy atom. The highest BCUT2D eigenvalue weighted by Crippen LogP contribution is 2.49. The lowest BCUT2D eigenvalue weighted by Gasteiger charge is -2.31. The molecule has 0 atom stereocenters. The van der Waals surface area contributed by atoms with E-state index in [9.17, 15) is 4.39 Å². The van der Waals surface area contributed by atoms with Crippen LogP contribution in [0.1, 0.15) is 38.2 Å². The molecule has 0 unspecified atom stereocenters. The number of halogens is 1. The Hall–Kier alpha value is -1.58. The highest BCUT2D eigenvalue weighted by Gasteiger charge is 2.45. The lowest BCUT2D eigenvalue weighted by molar-refractivity contribution is 0.277. The predicted octanol–water partition coefficient (Wildman–Crippen LogP) is 2.90. The van der Waals surface area contributed by atoms with Crippen LogP contribution in [0.15, 0.2) is 29.3 Å². The van der Waals surface area contributed by atoms with Crippen molar-refractivity contribution >= 4 is 5.96 Å². The predicted molar refractivity (Wildman–Crippen MR) is 83.8 cm³/mol. The number of nitrogens with two attached hydrogens (primary N) is 1. The molecule has 1 aromatic rings. The maximum atomic E-state index is 14.0. The fourth-order valence-electron chi connectivity index (χ4n) is 3.12. The maximum absolute atomic E-state index is 14.0. The molecule has 1 aromatic carbocycles. The average Bonchev–Trinajstić information content (AvgIpc) is 3.27. The van der Waals surface area contributed by atoms with Crippen LogP contribution in [0.5, 0.6) is 0 Å². The van der Waals surface area contributed by atoms with Gasteiger partial charge in [-0.05, 0) is 43.2 Å². The highest BCUT2D eigenvalue weighted by molar-refractivity contribution is 5.78. The van der Waals surface area contributed by atoms with Crippen LogP contribution in [-0.4, -0.2) is 30.5 Å². The quantitative estimate of drug-likeness (QED) is 0.686. The Bertz CT molecular complexity index is 529. The molecule has 3 rings (SSSR count). The van der Waals surface area contributed by atoms with Gasteiger partial charge in [0.05, 0.1) is 6.54 Å². The topological polar surface area (TPSA) is 41.6 Å². The number of hydrogen-bond acceptors (Lipinski definition) is 1. The zero-order valence-electron chi connectivity index (χ0n) is 12.7. The van der Waals surface area contributed by atoms with E-state index in [1.807, 2.05) is 12.1 Å². The first-order chi connectivity index (χ1) is 10.1. The van der Waals surface area contributed by atoms with Gasteiger partial charge < -0.3 is 10.6 Å². The van der Waals surface area contributed by atoms with Crippen LogP contribution in [0.3, 0.4) is 0 Å². The molecular weight excluding hydrogens is 265 g/mol. The van der Waals surface area contributed by atoms with Crippen LogP contribution >= 0.6 is 0 Å². The second-order valence-electron chi connectivity index (χ2n) is 6.60. The average molecular weight is 289 g/mol. The van der Waals surface area contributed by atoms with Crippen LogP contribution in [-0.2, 0) is 5.41 Å². The SMILES string of the molecule is CC1CCN(C(N)=NCC2(c3ccccc3F)CC2)CC1. The lowest BCUT2D eigenvalue weighted by atomic mass is 9.95. The molecule has 1 heterocycles. The fourth-order valence-corrected chi connectivity index (χ4v) is 3.12. The van der Waals surface area contributed by atoms with Crippen molar-refractivity contribution in [1.82, 2.24) is 4.90 Å². The Morgan fingerprint density at radius 2 is 2.00 bits per heavy atom. The van der Waals surface area contributed by atoms with Gasteiger partial charge in [0.15, 0.2) is 5.96 Å². The molecule has 114 valence electrons. The summed E-state index contributed by atoms with van der Waals surface area (Å²) in [5, 5.41) is 0. The normalized spacial score (nSPS) is 22.4. The van der Waals surface area contributed by atoms with E-state index < -0.39 is 0 Å². The molecule has 3 nitrogen and oxygen atoms in total. The molecule has 1 saturated carbocycles. The van der Waals surface area contributed by atoms with E-state index in [-0.39, 0.29) is 11.2 Å². The van der Waals surface area contributed by atoms with Gasteiger partial charge in [0.1, 0.15) is 5.82 Å². The molecule has 0 amide bonds. The van der Waals surface area contributed by atoms with E-state index in [1.54, 1.807) is 6.07 Å². The van der Waals surface area contributed by atoms with Crippen molar-refractivity contribution in [3.63, 3.8) is 0 Å². The molecule has 0 radical (unpaired) electrons. The standard InChI is InChI=1S/C17H24FN3/c1-13-6-10-21(11-7-13)16(19)20-12-17(8-9-17)14-4-2-3-5-15(14)18/h2-5,13H,6-12H2,1H3,(H2,19,20). The van der Waals surface area contributed by atoms with Crippen molar-refractivity contribution in [2.45, 2.75) is 38.0 Å². The summed E-state index contributed by atoms with van der Waals surface area (Å²) < 4.78 is 14.0. The molecule has 0 aromatic heterocycles. The second-order valence-corrected chi connectivity index (χ2v) is 6.60. The minimum absolute atomic E-state index is 0.112. The van der Waals surface area contributed by atoms with Crippen LogP contribution in [0.4, 0.5) is 4.39 Å². The van der Waals surface area contributed by atoms with Gasteiger partial charge in [0.2, 0.25) is 0 Å². The molecule has 1 aliphatic carbocycles. The van der Waals surface area contributed by atoms with E-state index in [1.165, 1.54) is 18.9 Å². The van der Waals surface area contributed by atoms with E-state index in [2.05, 4.69) is 16.8 Å². The summed E-state index contributed by atoms with van der Waals surface area (Å²) in [6.07, 6.45) is 4.35. The van der Waals surface area contributed by atoms with Gasteiger partial charge in [-0.3, -0.25) is 4.99 Å². The zero-order valence-corrected chi connectivity index (χ0v) is 12.7. The summed E-state index contributed by atoms with van der Waals surface area (Å²) >= 11 is 0. The third-order valence-corrected chi connectivity index (χ3v) is 4.95. The Labute approximate surface area is 126 Å². The first-order valence-corrected chi connectivity index (χ1v) is 7.91. The van der Waals surface area contributed by atoms with Crippen molar-refractivity contribution < 1.29 is 4.39 Å². The minimum Gasteiger partial charge on any atom is -0.370 e. The van der Waals surface area contributed by atoms with Crippen LogP contribution in [0.2, 0.25) is 0 Å². The number of piperidine rings is 1. The second kappa shape index (κ2) is 5.66. The van der Waals surface area contributed by atoms with E-state index in [4.69, 9.17) is 5.73 Å². The van der Waals surface area contributed by atoms with E-state index >= 15 is 0 Å². The molecule has 21 heavy (non-hydrogen) atoms. The third-order valence-electron chi connectivity index (χ3n) is 4.95. The summed E-state index contributed by atoms with van der Waals surface area (Å²) in [4.78, 5) is 6.74. The Balaban J connectivity index is 1.66. The molecule has 2 fully saturated rings. The summed E-state index contributed by atoms with van der Waals surface area (Å²) in [6.45, 7) is 4.86. The van der Waals surface area contributed by atoms with Crippen LogP contribution < -0.4 is 5.73 Å². The fraction of sp³-hybridized carbons (Fsp3) is 0.588. The summed E-state index contributed by atoms with van der Waals surface area (Å²) in [5.74, 6) is 1.29. The Kier molecular flexibility index (Phi) is 3.87. The third kappa shape index (κ3) is 3.04. The smallest absolute Gasteiger partial charge is 0.191 e. The number of aliphatic imine (C=N–C) groups is 1. The van der Waals surface area contributed by atoms with Crippen molar-refractivity contribution in [2.24, 2.45) is 16.6 Å². The molecule has 0 spiro atoms. The lowest BCUT2D eigenvalue weighted by Crippen LogP contribution is -2.42. The van der Waals surface area contributed by atoms with Gasteiger partial charge in [-0.1, -0.05) is 25.1 Å². The van der Waals surface area contributed by atoms with Crippen LogP contribution in [0, 0.1) is 11.7 Å². The van der Waals surface area contributed by atoms with Gasteiger partial charge in [0, 0.05) is 18.5 Å². The largest absolute Gasteiger partial charge is 0.370 e. The van der Waals surface area contributed by atoms with E-state index in [0.717, 1.165) is 37.4 Å². The number of nitrogens with zero attached hydrogens (tertiary/aromatic N) is 2. The molecule has 0 bridgehead atoms. The van der Waals surface area contributed by atoms with Gasteiger partial charge in [0.25, 0.3) is 0 Å². The number of likely N-dealkylation sites (tertiary alicyclic amines) is 1.